The molecule has 0 saturated carbocycles. The SMILES string of the molecule is CCC(Br)c1cccc(C)c1. The van der Waals surface area contributed by atoms with E-state index < -0.39 is 0 Å². The summed E-state index contributed by atoms with van der Waals surface area (Å²) in [5.74, 6) is 0. The molecule has 1 aromatic rings. The van der Waals surface area contributed by atoms with Gasteiger partial charge in [0.25, 0.3) is 0 Å². The first-order chi connectivity index (χ1) is 5.24. The molecule has 0 nitrogen and oxygen atoms in total. The van der Waals surface area contributed by atoms with Crippen LogP contribution in [0.15, 0.2) is 24.3 Å². The fourth-order valence-electron chi connectivity index (χ4n) is 1.10. The highest BCUT2D eigenvalue weighted by molar-refractivity contribution is 9.09. The molecule has 0 aliphatic heterocycles. The highest BCUT2D eigenvalue weighted by Gasteiger charge is 2.02. The van der Waals surface area contributed by atoms with Crippen molar-refractivity contribution in [2.75, 3.05) is 0 Å². The summed E-state index contributed by atoms with van der Waals surface area (Å²) in [6.07, 6.45) is 1.14. The molecule has 1 rings (SSSR count). The fraction of sp³-hybridized carbons (Fsp3) is 0.400. The van der Waals surface area contributed by atoms with E-state index >= 15 is 0 Å². The van der Waals surface area contributed by atoms with Gasteiger partial charge in [-0.1, -0.05) is 52.7 Å². The lowest BCUT2D eigenvalue weighted by Gasteiger charge is -2.06. The van der Waals surface area contributed by atoms with Crippen LogP contribution in [0.4, 0.5) is 0 Å². The number of rotatable bonds is 2. The van der Waals surface area contributed by atoms with E-state index in [0.717, 1.165) is 6.42 Å². The van der Waals surface area contributed by atoms with E-state index in [2.05, 4.69) is 54.0 Å². The molecule has 0 spiro atoms. The minimum atomic E-state index is 0.516. The molecule has 11 heavy (non-hydrogen) atoms. The summed E-state index contributed by atoms with van der Waals surface area (Å²) in [6, 6.07) is 8.62. The first-order valence-corrected chi connectivity index (χ1v) is 4.86. The van der Waals surface area contributed by atoms with E-state index in [-0.39, 0.29) is 0 Å². The van der Waals surface area contributed by atoms with E-state index in [9.17, 15) is 0 Å². The number of aryl methyl sites for hydroxylation is 1. The molecular weight excluding hydrogens is 200 g/mol. The molecule has 0 saturated heterocycles. The first kappa shape index (κ1) is 8.79. The van der Waals surface area contributed by atoms with Gasteiger partial charge in [-0.3, -0.25) is 0 Å². The average Bonchev–Trinajstić information content (AvgIpc) is 2.03. The Morgan fingerprint density at radius 1 is 1.45 bits per heavy atom. The molecule has 60 valence electrons. The quantitative estimate of drug-likeness (QED) is 0.654. The highest BCUT2D eigenvalue weighted by Crippen LogP contribution is 2.25. The molecule has 0 N–H and O–H groups in total. The smallest absolute Gasteiger partial charge is 0.0392 e. The highest BCUT2D eigenvalue weighted by atomic mass is 79.9. The number of halogens is 1. The zero-order chi connectivity index (χ0) is 8.27. The van der Waals surface area contributed by atoms with E-state index in [1.54, 1.807) is 0 Å². The lowest BCUT2D eigenvalue weighted by molar-refractivity contribution is 0.910. The van der Waals surface area contributed by atoms with Crippen molar-refractivity contribution in [3.8, 4) is 0 Å². The summed E-state index contributed by atoms with van der Waals surface area (Å²) in [6.45, 7) is 4.31. The number of hydrogen-bond acceptors (Lipinski definition) is 0. The van der Waals surface area contributed by atoms with Crippen molar-refractivity contribution in [3.63, 3.8) is 0 Å². The predicted molar refractivity (Wildman–Crippen MR) is 53.1 cm³/mol. The van der Waals surface area contributed by atoms with Gasteiger partial charge in [0, 0.05) is 4.83 Å². The van der Waals surface area contributed by atoms with Gasteiger partial charge in [0.15, 0.2) is 0 Å². The van der Waals surface area contributed by atoms with Crippen LogP contribution in [-0.2, 0) is 0 Å². The minimum absolute atomic E-state index is 0.516. The lowest BCUT2D eigenvalue weighted by atomic mass is 10.1. The predicted octanol–water partition coefficient (Wildman–Crippen LogP) is 3.84. The van der Waals surface area contributed by atoms with Crippen LogP contribution >= 0.6 is 15.9 Å². The van der Waals surface area contributed by atoms with Crippen LogP contribution in [0.2, 0.25) is 0 Å². The maximum Gasteiger partial charge on any atom is 0.0392 e. The summed E-state index contributed by atoms with van der Waals surface area (Å²) in [5, 5.41) is 0. The van der Waals surface area contributed by atoms with Crippen molar-refractivity contribution >= 4 is 15.9 Å². The fourth-order valence-corrected chi connectivity index (χ4v) is 1.39. The summed E-state index contributed by atoms with van der Waals surface area (Å²) in [7, 11) is 0. The molecule has 0 heterocycles. The van der Waals surface area contributed by atoms with Crippen LogP contribution in [0.3, 0.4) is 0 Å². The zero-order valence-corrected chi connectivity index (χ0v) is 8.56. The molecule has 0 aromatic heterocycles. The molecule has 0 bridgehead atoms. The third-order valence-corrected chi connectivity index (χ3v) is 2.94. The lowest BCUT2D eigenvalue weighted by Crippen LogP contribution is -1.87. The molecule has 0 fully saturated rings. The Kier molecular flexibility index (Phi) is 3.13. The van der Waals surface area contributed by atoms with E-state index in [4.69, 9.17) is 0 Å². The largest absolute Gasteiger partial charge is 0.0839 e. The maximum atomic E-state index is 3.62. The standard InChI is InChI=1S/C10H13Br/c1-3-10(11)9-6-4-5-8(2)7-9/h4-7,10H,3H2,1-2H3. The number of benzene rings is 1. The number of alkyl halides is 1. The van der Waals surface area contributed by atoms with Gasteiger partial charge in [-0.15, -0.1) is 0 Å². The topological polar surface area (TPSA) is 0 Å². The van der Waals surface area contributed by atoms with Crippen molar-refractivity contribution < 1.29 is 0 Å². The number of hydrogen-bond donors (Lipinski definition) is 0. The Morgan fingerprint density at radius 3 is 2.73 bits per heavy atom. The Hall–Kier alpha value is -0.300. The van der Waals surface area contributed by atoms with Crippen molar-refractivity contribution in [1.82, 2.24) is 0 Å². The third-order valence-electron chi connectivity index (χ3n) is 1.76. The van der Waals surface area contributed by atoms with Crippen molar-refractivity contribution in [1.29, 1.82) is 0 Å². The molecule has 1 aromatic carbocycles. The van der Waals surface area contributed by atoms with Crippen molar-refractivity contribution in [2.45, 2.75) is 25.1 Å². The van der Waals surface area contributed by atoms with Gasteiger partial charge in [-0.05, 0) is 18.9 Å². The molecule has 0 aliphatic rings. The van der Waals surface area contributed by atoms with Crippen molar-refractivity contribution in [2.24, 2.45) is 0 Å². The Balaban J connectivity index is 2.86. The van der Waals surface area contributed by atoms with Crippen LogP contribution < -0.4 is 0 Å². The maximum absolute atomic E-state index is 3.62. The molecule has 0 aliphatic carbocycles. The van der Waals surface area contributed by atoms with E-state index in [0.29, 0.717) is 4.83 Å². The van der Waals surface area contributed by atoms with Crippen LogP contribution in [0, 0.1) is 6.92 Å². The summed E-state index contributed by atoms with van der Waals surface area (Å²) < 4.78 is 0. The second-order valence-corrected chi connectivity index (χ2v) is 3.90. The second-order valence-electron chi connectivity index (χ2n) is 2.79. The van der Waals surface area contributed by atoms with Gasteiger partial charge < -0.3 is 0 Å². The van der Waals surface area contributed by atoms with Gasteiger partial charge in [-0.2, -0.15) is 0 Å². The summed E-state index contributed by atoms with van der Waals surface area (Å²) in [4.78, 5) is 0.516. The Bertz CT molecular complexity index is 230. The monoisotopic (exact) mass is 212 g/mol. The Labute approximate surface area is 76.8 Å². The van der Waals surface area contributed by atoms with Crippen LogP contribution in [0.5, 0.6) is 0 Å². The van der Waals surface area contributed by atoms with Gasteiger partial charge >= 0.3 is 0 Å². The van der Waals surface area contributed by atoms with E-state index in [1.165, 1.54) is 11.1 Å². The second kappa shape index (κ2) is 3.91. The van der Waals surface area contributed by atoms with E-state index in [1.807, 2.05) is 0 Å². The van der Waals surface area contributed by atoms with Crippen molar-refractivity contribution in [3.05, 3.63) is 35.4 Å². The minimum Gasteiger partial charge on any atom is -0.0839 e. The first-order valence-electron chi connectivity index (χ1n) is 3.94. The van der Waals surface area contributed by atoms with Crippen LogP contribution in [-0.4, -0.2) is 0 Å². The van der Waals surface area contributed by atoms with Gasteiger partial charge in [0.05, 0.1) is 0 Å². The van der Waals surface area contributed by atoms with Crippen LogP contribution in [0.25, 0.3) is 0 Å². The molecule has 0 amide bonds. The van der Waals surface area contributed by atoms with Gasteiger partial charge in [0.2, 0.25) is 0 Å². The normalized spacial score (nSPS) is 13.0. The Morgan fingerprint density at radius 2 is 2.18 bits per heavy atom. The molecule has 0 radical (unpaired) electrons. The summed E-state index contributed by atoms with van der Waals surface area (Å²) in [5.41, 5.74) is 2.72. The third kappa shape index (κ3) is 2.33. The average molecular weight is 213 g/mol. The van der Waals surface area contributed by atoms with Crippen LogP contribution in [0.1, 0.15) is 29.3 Å². The molecular formula is C10H13Br. The van der Waals surface area contributed by atoms with Gasteiger partial charge in [0.1, 0.15) is 0 Å². The molecule has 1 unspecified atom stereocenters. The van der Waals surface area contributed by atoms with Gasteiger partial charge in [-0.25, -0.2) is 0 Å². The molecule has 1 heteroatoms. The zero-order valence-electron chi connectivity index (χ0n) is 6.97. The molecule has 1 atom stereocenters. The summed E-state index contributed by atoms with van der Waals surface area (Å²) >= 11 is 3.62.